The topological polar surface area (TPSA) is 47.4 Å². The quantitative estimate of drug-likeness (QED) is 0.729. The Bertz CT molecular complexity index is 802. The lowest BCUT2D eigenvalue weighted by Gasteiger charge is -2.34. The van der Waals surface area contributed by atoms with Gasteiger partial charge in [0.25, 0.3) is 5.91 Å². The number of nitrogens with zero attached hydrogens (tertiary/aromatic N) is 3. The molecule has 1 aromatic heterocycles. The highest BCUT2D eigenvalue weighted by atomic mass is 79.9. The lowest BCUT2D eigenvalue weighted by Crippen LogP contribution is -2.45. The zero-order valence-corrected chi connectivity index (χ0v) is 17.3. The van der Waals surface area contributed by atoms with Crippen molar-refractivity contribution in [3.63, 3.8) is 0 Å². The molecule has 1 amide bonds. The highest BCUT2D eigenvalue weighted by Crippen LogP contribution is 2.29. The average Bonchev–Trinajstić information content (AvgIpc) is 3.13. The molecule has 0 bridgehead atoms. The number of aryl methyl sites for hydroxylation is 1. The fourth-order valence-corrected chi connectivity index (χ4v) is 4.46. The maximum Gasteiger partial charge on any atom is 0.263 e. The van der Waals surface area contributed by atoms with E-state index in [4.69, 9.17) is 9.72 Å². The van der Waals surface area contributed by atoms with Crippen LogP contribution in [0.25, 0.3) is 0 Å². The van der Waals surface area contributed by atoms with E-state index in [1.54, 1.807) is 0 Å². The van der Waals surface area contributed by atoms with Gasteiger partial charge in [-0.25, -0.2) is 4.98 Å². The third kappa shape index (κ3) is 4.05. The van der Waals surface area contributed by atoms with Crippen LogP contribution in [0.1, 0.15) is 50.0 Å². The Morgan fingerprint density at radius 2 is 2.04 bits per heavy atom. The Morgan fingerprint density at radius 3 is 2.85 bits per heavy atom. The number of aromatic nitrogens is 2. The molecule has 144 valence electrons. The molecule has 0 aliphatic carbocycles. The predicted molar refractivity (Wildman–Crippen MR) is 108 cm³/mol. The molecule has 2 atom stereocenters. The molecule has 1 fully saturated rings. The number of rotatable bonds is 4. The summed E-state index contributed by atoms with van der Waals surface area (Å²) in [5.74, 6) is 2.28. The van der Waals surface area contributed by atoms with Crippen LogP contribution >= 0.6 is 15.9 Å². The molecule has 4 rings (SSSR count). The number of fused-ring (bicyclic) bond motifs is 1. The first-order chi connectivity index (χ1) is 13.1. The maximum atomic E-state index is 12.9. The van der Waals surface area contributed by atoms with Crippen molar-refractivity contribution in [2.24, 2.45) is 0 Å². The lowest BCUT2D eigenvalue weighted by atomic mass is 9.96. The number of hydrogen-bond acceptors (Lipinski definition) is 3. The van der Waals surface area contributed by atoms with Crippen molar-refractivity contribution < 1.29 is 9.53 Å². The van der Waals surface area contributed by atoms with Crippen molar-refractivity contribution in [1.82, 2.24) is 14.5 Å². The zero-order chi connectivity index (χ0) is 18.8. The van der Waals surface area contributed by atoms with Crippen LogP contribution < -0.4 is 4.74 Å². The van der Waals surface area contributed by atoms with Crippen molar-refractivity contribution in [3.8, 4) is 5.75 Å². The second kappa shape index (κ2) is 8.05. The van der Waals surface area contributed by atoms with E-state index in [0.29, 0.717) is 5.92 Å². The van der Waals surface area contributed by atoms with E-state index in [9.17, 15) is 4.79 Å². The SMILES string of the molecule is CC(Oc1ccc(Br)cc1)C(=O)N1CCCC(c2ncc3n2CCCC3)C1. The summed E-state index contributed by atoms with van der Waals surface area (Å²) in [4.78, 5) is 19.6. The molecular formula is C21H26BrN3O2. The Labute approximate surface area is 168 Å². The number of halogens is 1. The molecule has 3 heterocycles. The second-order valence-electron chi connectivity index (χ2n) is 7.55. The Kier molecular flexibility index (Phi) is 5.53. The van der Waals surface area contributed by atoms with E-state index >= 15 is 0 Å². The monoisotopic (exact) mass is 431 g/mol. The number of carbonyl (C=O) groups is 1. The van der Waals surface area contributed by atoms with Crippen LogP contribution in [-0.2, 0) is 17.8 Å². The first kappa shape index (κ1) is 18.5. The predicted octanol–water partition coefficient (Wildman–Crippen LogP) is 4.16. The van der Waals surface area contributed by atoms with Gasteiger partial charge in [-0.1, -0.05) is 15.9 Å². The van der Waals surface area contributed by atoms with Gasteiger partial charge in [0, 0.05) is 41.9 Å². The molecule has 0 spiro atoms. The van der Waals surface area contributed by atoms with Gasteiger partial charge in [0.05, 0.1) is 0 Å². The smallest absolute Gasteiger partial charge is 0.263 e. The largest absolute Gasteiger partial charge is 0.481 e. The molecule has 0 saturated carbocycles. The van der Waals surface area contributed by atoms with Gasteiger partial charge in [0.15, 0.2) is 6.10 Å². The third-order valence-corrected chi connectivity index (χ3v) is 6.13. The van der Waals surface area contributed by atoms with Crippen molar-refractivity contribution in [2.45, 2.75) is 57.6 Å². The molecule has 6 heteroatoms. The number of hydrogen-bond donors (Lipinski definition) is 0. The van der Waals surface area contributed by atoms with E-state index in [0.717, 1.165) is 49.1 Å². The number of likely N-dealkylation sites (tertiary alicyclic amines) is 1. The van der Waals surface area contributed by atoms with Crippen LogP contribution in [0, 0.1) is 0 Å². The van der Waals surface area contributed by atoms with Gasteiger partial charge in [0.1, 0.15) is 11.6 Å². The van der Waals surface area contributed by atoms with E-state index in [1.165, 1.54) is 24.4 Å². The van der Waals surface area contributed by atoms with Crippen molar-refractivity contribution in [1.29, 1.82) is 0 Å². The normalized spacial score (nSPS) is 20.8. The number of piperidine rings is 1. The van der Waals surface area contributed by atoms with Crippen LogP contribution in [0.3, 0.4) is 0 Å². The number of amides is 1. The van der Waals surface area contributed by atoms with Crippen molar-refractivity contribution in [2.75, 3.05) is 13.1 Å². The van der Waals surface area contributed by atoms with Crippen LogP contribution in [-0.4, -0.2) is 39.6 Å². The van der Waals surface area contributed by atoms with Crippen LogP contribution in [0.15, 0.2) is 34.9 Å². The number of ether oxygens (including phenoxy) is 1. The van der Waals surface area contributed by atoms with Crippen LogP contribution in [0.4, 0.5) is 0 Å². The highest BCUT2D eigenvalue weighted by molar-refractivity contribution is 9.10. The molecular weight excluding hydrogens is 406 g/mol. The summed E-state index contributed by atoms with van der Waals surface area (Å²) >= 11 is 3.42. The van der Waals surface area contributed by atoms with Crippen molar-refractivity contribution >= 4 is 21.8 Å². The fourth-order valence-electron chi connectivity index (χ4n) is 4.20. The summed E-state index contributed by atoms with van der Waals surface area (Å²) < 4.78 is 9.26. The Morgan fingerprint density at radius 1 is 1.22 bits per heavy atom. The Balaban J connectivity index is 1.42. The third-order valence-electron chi connectivity index (χ3n) is 5.61. The minimum Gasteiger partial charge on any atom is -0.481 e. The minimum absolute atomic E-state index is 0.0630. The first-order valence-corrected chi connectivity index (χ1v) is 10.7. The molecule has 0 N–H and O–H groups in total. The molecule has 5 nitrogen and oxygen atoms in total. The van der Waals surface area contributed by atoms with E-state index < -0.39 is 6.10 Å². The molecule has 1 aromatic carbocycles. The average molecular weight is 432 g/mol. The molecule has 0 radical (unpaired) electrons. The molecule has 2 aromatic rings. The molecule has 27 heavy (non-hydrogen) atoms. The van der Waals surface area contributed by atoms with E-state index in [-0.39, 0.29) is 5.91 Å². The number of benzene rings is 1. The van der Waals surface area contributed by atoms with Gasteiger partial charge >= 0.3 is 0 Å². The van der Waals surface area contributed by atoms with Crippen LogP contribution in [0.5, 0.6) is 5.75 Å². The van der Waals surface area contributed by atoms with Gasteiger partial charge < -0.3 is 14.2 Å². The van der Waals surface area contributed by atoms with Gasteiger partial charge in [0.2, 0.25) is 0 Å². The number of carbonyl (C=O) groups excluding carboxylic acids is 1. The van der Waals surface area contributed by atoms with Gasteiger partial charge in [-0.2, -0.15) is 0 Å². The van der Waals surface area contributed by atoms with Crippen LogP contribution in [0.2, 0.25) is 0 Å². The number of imidazole rings is 1. The summed E-state index contributed by atoms with van der Waals surface area (Å²) in [5.41, 5.74) is 1.35. The fraction of sp³-hybridized carbons (Fsp3) is 0.524. The standard InChI is InChI=1S/C21H26BrN3O2/c1-15(27-19-9-7-17(22)8-10-19)21(26)24-11-4-5-16(14-24)20-23-13-18-6-2-3-12-25(18)20/h7-10,13,15-16H,2-6,11-12,14H2,1H3. The van der Waals surface area contributed by atoms with Gasteiger partial charge in [-0.15, -0.1) is 0 Å². The summed E-state index contributed by atoms with van der Waals surface area (Å²) in [5, 5.41) is 0. The summed E-state index contributed by atoms with van der Waals surface area (Å²) in [7, 11) is 0. The minimum atomic E-state index is -0.487. The lowest BCUT2D eigenvalue weighted by molar-refractivity contribution is -0.139. The zero-order valence-electron chi connectivity index (χ0n) is 15.7. The van der Waals surface area contributed by atoms with E-state index in [2.05, 4.69) is 20.5 Å². The van der Waals surface area contributed by atoms with E-state index in [1.807, 2.05) is 42.3 Å². The summed E-state index contributed by atoms with van der Waals surface area (Å²) in [6.07, 6.45) is 7.27. The molecule has 2 aliphatic rings. The first-order valence-electron chi connectivity index (χ1n) is 9.87. The molecule has 2 unspecified atom stereocenters. The maximum absolute atomic E-state index is 12.9. The highest BCUT2D eigenvalue weighted by Gasteiger charge is 2.31. The van der Waals surface area contributed by atoms with Crippen molar-refractivity contribution in [3.05, 3.63) is 46.5 Å². The molecule has 1 saturated heterocycles. The van der Waals surface area contributed by atoms with Gasteiger partial charge in [-0.05, 0) is 63.3 Å². The van der Waals surface area contributed by atoms with Gasteiger partial charge in [-0.3, -0.25) is 4.79 Å². The summed E-state index contributed by atoms with van der Waals surface area (Å²) in [6.45, 7) is 4.45. The molecule has 2 aliphatic heterocycles. The Hall–Kier alpha value is -1.82. The summed E-state index contributed by atoms with van der Waals surface area (Å²) in [6, 6.07) is 7.60. The second-order valence-corrected chi connectivity index (χ2v) is 8.47.